The van der Waals surface area contributed by atoms with Crippen LogP contribution in [0.5, 0.6) is 5.75 Å². The Balaban J connectivity index is 1.78. The molecular weight excluding hydrogens is 441 g/mol. The summed E-state index contributed by atoms with van der Waals surface area (Å²) in [6.07, 6.45) is 0. The third kappa shape index (κ3) is 4.36. The molecule has 0 aliphatic carbocycles. The molecule has 172 valence electrons. The van der Waals surface area contributed by atoms with Crippen molar-refractivity contribution in [1.82, 2.24) is 4.90 Å². The molecule has 0 fully saturated rings. The van der Waals surface area contributed by atoms with E-state index in [4.69, 9.17) is 4.74 Å². The van der Waals surface area contributed by atoms with Crippen LogP contribution in [0.15, 0.2) is 72.4 Å². The Kier molecular flexibility index (Phi) is 6.09. The van der Waals surface area contributed by atoms with Crippen molar-refractivity contribution in [1.29, 1.82) is 0 Å². The van der Waals surface area contributed by atoms with Crippen LogP contribution in [0.2, 0.25) is 0 Å². The van der Waals surface area contributed by atoms with Crippen molar-refractivity contribution in [2.24, 2.45) is 0 Å². The lowest BCUT2D eigenvalue weighted by Crippen LogP contribution is -2.32. The number of non-ortho nitro benzene ring substituents is 1. The van der Waals surface area contributed by atoms with Crippen molar-refractivity contribution < 1.29 is 23.6 Å². The number of imide groups is 1. The molecule has 0 saturated heterocycles. The molecule has 3 aromatic carbocycles. The molecule has 0 bridgehead atoms. The minimum atomic E-state index is -0.578. The standard InChI is InChI=1S/C25H20FN3O5/c1-15-3-12-21(34-2)20(13-15)27-23-22(17-6-10-19(11-7-17)29(32)33)24(30)28(25(23)31)14-16-4-8-18(26)9-5-16/h3-13,27H,14H2,1-2H3. The lowest BCUT2D eigenvalue weighted by Gasteiger charge is -2.16. The van der Waals surface area contributed by atoms with Crippen LogP contribution in [0.4, 0.5) is 15.8 Å². The van der Waals surface area contributed by atoms with Gasteiger partial charge in [0.2, 0.25) is 0 Å². The van der Waals surface area contributed by atoms with Gasteiger partial charge < -0.3 is 10.1 Å². The number of benzene rings is 3. The van der Waals surface area contributed by atoms with Gasteiger partial charge in [-0.1, -0.05) is 18.2 Å². The summed E-state index contributed by atoms with van der Waals surface area (Å²) in [5.74, 6) is -1.11. The zero-order valence-electron chi connectivity index (χ0n) is 18.4. The number of hydrogen-bond acceptors (Lipinski definition) is 6. The maximum absolute atomic E-state index is 13.4. The summed E-state index contributed by atoms with van der Waals surface area (Å²) < 4.78 is 18.7. The highest BCUT2D eigenvalue weighted by atomic mass is 19.1. The fourth-order valence-electron chi connectivity index (χ4n) is 3.68. The Morgan fingerprint density at radius 3 is 2.29 bits per heavy atom. The molecule has 1 aliphatic heterocycles. The van der Waals surface area contributed by atoms with Crippen LogP contribution >= 0.6 is 0 Å². The average Bonchev–Trinajstić information content (AvgIpc) is 3.05. The van der Waals surface area contributed by atoms with Crippen molar-refractivity contribution in [3.8, 4) is 5.75 Å². The number of halogens is 1. The maximum atomic E-state index is 13.4. The van der Waals surface area contributed by atoms with E-state index in [1.807, 2.05) is 13.0 Å². The Labute approximate surface area is 194 Å². The first-order valence-electron chi connectivity index (χ1n) is 10.3. The van der Waals surface area contributed by atoms with Gasteiger partial charge in [0, 0.05) is 12.1 Å². The van der Waals surface area contributed by atoms with Crippen molar-refractivity contribution in [2.45, 2.75) is 13.5 Å². The summed E-state index contributed by atoms with van der Waals surface area (Å²) >= 11 is 0. The first-order chi connectivity index (χ1) is 16.3. The van der Waals surface area contributed by atoms with E-state index >= 15 is 0 Å². The third-order valence-corrected chi connectivity index (χ3v) is 5.40. The van der Waals surface area contributed by atoms with Crippen LogP contribution in [0.1, 0.15) is 16.7 Å². The van der Waals surface area contributed by atoms with E-state index < -0.39 is 22.6 Å². The van der Waals surface area contributed by atoms with E-state index in [1.54, 1.807) is 12.1 Å². The number of amides is 2. The molecule has 0 saturated carbocycles. The summed E-state index contributed by atoms with van der Waals surface area (Å²) in [6, 6.07) is 16.3. The molecule has 3 aromatic rings. The first kappa shape index (κ1) is 22.7. The molecule has 1 N–H and O–H groups in total. The number of nitro benzene ring substituents is 1. The number of aryl methyl sites for hydroxylation is 1. The van der Waals surface area contributed by atoms with Crippen molar-refractivity contribution in [2.75, 3.05) is 12.4 Å². The Bertz CT molecular complexity index is 1320. The van der Waals surface area contributed by atoms with Gasteiger partial charge in [0.25, 0.3) is 17.5 Å². The van der Waals surface area contributed by atoms with Crippen molar-refractivity contribution >= 4 is 28.8 Å². The molecule has 1 heterocycles. The number of rotatable bonds is 7. The molecular formula is C25H20FN3O5. The van der Waals surface area contributed by atoms with Gasteiger partial charge in [0.1, 0.15) is 17.3 Å². The number of carbonyl (C=O) groups is 2. The molecule has 0 atom stereocenters. The van der Waals surface area contributed by atoms with Gasteiger partial charge in [-0.15, -0.1) is 0 Å². The highest BCUT2D eigenvalue weighted by molar-refractivity contribution is 6.36. The molecule has 0 spiro atoms. The van der Waals surface area contributed by atoms with E-state index in [1.165, 1.54) is 55.6 Å². The second-order valence-electron chi connectivity index (χ2n) is 7.71. The summed E-state index contributed by atoms with van der Waals surface area (Å²) in [5.41, 5.74) is 2.26. The first-order valence-corrected chi connectivity index (χ1v) is 10.3. The van der Waals surface area contributed by atoms with E-state index in [9.17, 15) is 24.1 Å². The predicted molar refractivity (Wildman–Crippen MR) is 123 cm³/mol. The van der Waals surface area contributed by atoms with Gasteiger partial charge >= 0.3 is 0 Å². The van der Waals surface area contributed by atoms with Gasteiger partial charge in [0.15, 0.2) is 0 Å². The van der Waals surface area contributed by atoms with E-state index in [0.29, 0.717) is 22.6 Å². The SMILES string of the molecule is COc1ccc(C)cc1NC1=C(c2ccc([N+](=O)[O-])cc2)C(=O)N(Cc2ccc(F)cc2)C1=O. The van der Waals surface area contributed by atoms with E-state index in [-0.39, 0.29) is 23.5 Å². The quantitative estimate of drug-likeness (QED) is 0.317. The summed E-state index contributed by atoms with van der Waals surface area (Å²) in [6.45, 7) is 1.81. The molecule has 34 heavy (non-hydrogen) atoms. The zero-order chi connectivity index (χ0) is 24.4. The predicted octanol–water partition coefficient (Wildman–Crippen LogP) is 4.44. The third-order valence-electron chi connectivity index (χ3n) is 5.40. The van der Waals surface area contributed by atoms with E-state index in [2.05, 4.69) is 5.32 Å². The number of hydrogen-bond donors (Lipinski definition) is 1. The van der Waals surface area contributed by atoms with Crippen molar-refractivity contribution in [3.63, 3.8) is 0 Å². The second-order valence-corrected chi connectivity index (χ2v) is 7.71. The lowest BCUT2D eigenvalue weighted by atomic mass is 10.0. The molecule has 0 aromatic heterocycles. The number of nitro groups is 1. The minimum Gasteiger partial charge on any atom is -0.495 e. The number of anilines is 1. The Morgan fingerprint density at radius 1 is 1.00 bits per heavy atom. The molecule has 2 amide bonds. The van der Waals surface area contributed by atoms with Crippen LogP contribution in [-0.2, 0) is 16.1 Å². The van der Waals surface area contributed by atoms with Crippen LogP contribution in [0.3, 0.4) is 0 Å². The minimum absolute atomic E-state index is 0.0184. The van der Waals surface area contributed by atoms with Crippen LogP contribution in [0, 0.1) is 22.9 Å². The average molecular weight is 461 g/mol. The summed E-state index contributed by atoms with van der Waals surface area (Å²) in [4.78, 5) is 38.3. The van der Waals surface area contributed by atoms with Gasteiger partial charge in [-0.2, -0.15) is 0 Å². The second kappa shape index (κ2) is 9.14. The largest absolute Gasteiger partial charge is 0.495 e. The highest BCUT2D eigenvalue weighted by Gasteiger charge is 2.39. The normalized spacial score (nSPS) is 13.4. The Hall–Kier alpha value is -4.53. The Morgan fingerprint density at radius 2 is 1.68 bits per heavy atom. The number of methoxy groups -OCH3 is 1. The van der Waals surface area contributed by atoms with Crippen LogP contribution < -0.4 is 10.1 Å². The lowest BCUT2D eigenvalue weighted by molar-refractivity contribution is -0.384. The van der Waals surface area contributed by atoms with E-state index in [0.717, 1.165) is 10.5 Å². The molecule has 4 rings (SSSR count). The summed E-state index contributed by atoms with van der Waals surface area (Å²) in [7, 11) is 1.49. The van der Waals surface area contributed by atoms with Gasteiger partial charge in [0.05, 0.1) is 29.8 Å². The van der Waals surface area contributed by atoms with Gasteiger partial charge in [-0.3, -0.25) is 24.6 Å². The monoisotopic (exact) mass is 461 g/mol. The highest BCUT2D eigenvalue weighted by Crippen LogP contribution is 2.35. The summed E-state index contributed by atoms with van der Waals surface area (Å²) in [5, 5.41) is 14.1. The number of nitrogens with zero attached hydrogens (tertiary/aromatic N) is 2. The number of ether oxygens (including phenoxy) is 1. The maximum Gasteiger partial charge on any atom is 0.278 e. The molecule has 8 nitrogen and oxygen atoms in total. The van der Waals surface area contributed by atoms with Gasteiger partial charge in [-0.25, -0.2) is 4.39 Å². The smallest absolute Gasteiger partial charge is 0.278 e. The van der Waals surface area contributed by atoms with Crippen LogP contribution in [-0.4, -0.2) is 28.7 Å². The van der Waals surface area contributed by atoms with Gasteiger partial charge in [-0.05, 0) is 60.0 Å². The number of nitrogens with one attached hydrogen (secondary N) is 1. The molecule has 1 aliphatic rings. The molecule has 9 heteroatoms. The fraction of sp³-hybridized carbons (Fsp3) is 0.120. The zero-order valence-corrected chi connectivity index (χ0v) is 18.4. The molecule has 0 unspecified atom stereocenters. The topological polar surface area (TPSA) is 102 Å². The van der Waals surface area contributed by atoms with Crippen LogP contribution in [0.25, 0.3) is 5.57 Å². The molecule has 0 radical (unpaired) electrons. The number of carbonyl (C=O) groups excluding carboxylic acids is 2. The van der Waals surface area contributed by atoms with Crippen molar-refractivity contribution in [3.05, 3.63) is 105 Å². The fourth-order valence-corrected chi connectivity index (χ4v) is 3.68.